The summed E-state index contributed by atoms with van der Waals surface area (Å²) < 4.78 is 71.5. The normalized spacial score (nSPS) is 19.0. The molecule has 0 fully saturated rings. The summed E-state index contributed by atoms with van der Waals surface area (Å²) in [5.74, 6) is -3.21. The number of nitrogens with one attached hydrogen (secondary N) is 4. The third-order valence-electron chi connectivity index (χ3n) is 11.3. The number of Topliss-reactive ketones (excluding diaryl/α,β-unsaturated/α-hetero) is 2. The molecule has 0 aromatic heterocycles. The fourth-order valence-corrected chi connectivity index (χ4v) is 8.18. The van der Waals surface area contributed by atoms with E-state index in [0.29, 0.717) is 11.1 Å². The van der Waals surface area contributed by atoms with Gasteiger partial charge in [0.15, 0.2) is 23.8 Å². The van der Waals surface area contributed by atoms with Crippen LogP contribution < -0.4 is 21.3 Å². The average Bonchev–Trinajstić information content (AvgIpc) is 3.24. The van der Waals surface area contributed by atoms with Gasteiger partial charge in [0.1, 0.15) is 0 Å². The third kappa shape index (κ3) is 27.5. The van der Waals surface area contributed by atoms with Gasteiger partial charge in [0, 0.05) is 98.1 Å². The number of carbonyl (C=O) groups is 6. The number of allylic oxidation sites excluding steroid dienone is 20. The Bertz CT molecular complexity index is 2450. The maximum absolute atomic E-state index is 13.2. The maximum atomic E-state index is 13.2. The molecule has 74 heavy (non-hydrogen) atoms. The zero-order valence-corrected chi connectivity index (χ0v) is 50.6. The van der Waals surface area contributed by atoms with Gasteiger partial charge in [0.2, 0.25) is 0 Å². The quantitative estimate of drug-likeness (QED) is 0.0264. The van der Waals surface area contributed by atoms with Gasteiger partial charge in [0.25, 0.3) is 20.2 Å². The van der Waals surface area contributed by atoms with Gasteiger partial charge in [-0.05, 0) is 74.7 Å². The molecule has 0 aliphatic heterocycles. The molecular formula is C52H72N4Na2O14S2. The van der Waals surface area contributed by atoms with Crippen LogP contribution in [0.4, 0.5) is 9.59 Å². The molecule has 0 aromatic carbocycles. The van der Waals surface area contributed by atoms with E-state index >= 15 is 0 Å². The van der Waals surface area contributed by atoms with Gasteiger partial charge in [0.05, 0.1) is 24.3 Å². The van der Waals surface area contributed by atoms with Crippen molar-refractivity contribution in [3.05, 3.63) is 130 Å². The summed E-state index contributed by atoms with van der Waals surface area (Å²) in [6, 6.07) is -1.43. The fraction of sp³-hybridized carbons (Fsp3) is 0.462. The molecule has 18 nitrogen and oxygen atoms in total. The minimum absolute atomic E-state index is 0. The first-order valence-electron chi connectivity index (χ1n) is 23.3. The predicted molar refractivity (Wildman–Crippen MR) is 289 cm³/mol. The Morgan fingerprint density at radius 3 is 1.16 bits per heavy atom. The van der Waals surface area contributed by atoms with Crippen molar-refractivity contribution in [1.82, 2.24) is 21.3 Å². The Morgan fingerprint density at radius 1 is 0.541 bits per heavy atom. The Balaban J connectivity index is 0.0000266. The molecule has 0 saturated heterocycles. The standard InChI is InChI=1S/C52H72N4O14S2.2Na/c1-35(17-13-19-37(3)21-23-41-39(5)47(59)43(33-51(41,7)8)69-45(57)25-27-53-49(61)55-29-31-71(63,64)65)15-11-12-16-36(2)18-14-20-38(4)22-24-42-40(6)48(60)44(34-52(42,9)10)70-46(58)26-28-54-50(62)56-30-32-72(66,67)68;;/h11-24,43-44H,25-34H2,1-10H3,(H2,53,55,61)(H2,54,56,62)(H,63,64,65)(H,66,67,68);;. The molecule has 2 aliphatic rings. The van der Waals surface area contributed by atoms with Gasteiger partial charge >= 0.3 is 24.0 Å². The van der Waals surface area contributed by atoms with Crippen molar-refractivity contribution in [2.24, 2.45) is 10.8 Å². The number of amides is 4. The minimum atomic E-state index is -4.22. The largest absolute Gasteiger partial charge is 0.454 e. The van der Waals surface area contributed by atoms with E-state index in [9.17, 15) is 45.6 Å². The summed E-state index contributed by atoms with van der Waals surface area (Å²) in [5, 5.41) is 9.28. The second-order valence-corrected chi connectivity index (χ2v) is 21.9. The molecule has 0 spiro atoms. The van der Waals surface area contributed by atoms with Crippen LogP contribution in [0.2, 0.25) is 0 Å². The number of rotatable bonds is 24. The molecule has 2 aliphatic carbocycles. The number of hydrogen-bond donors (Lipinski definition) is 6. The Hall–Kier alpha value is -4.22. The summed E-state index contributed by atoms with van der Waals surface area (Å²) in [6.45, 7) is 18.4. The van der Waals surface area contributed by atoms with Crippen molar-refractivity contribution >= 4 is 115 Å². The molecule has 398 valence electrons. The molecular weight excluding hydrogens is 1010 g/mol. The smallest absolute Gasteiger partial charge is 0.314 e. The number of esters is 2. The molecule has 0 bridgehead atoms. The van der Waals surface area contributed by atoms with E-state index in [0.717, 1.165) is 33.4 Å². The molecule has 2 atom stereocenters. The summed E-state index contributed by atoms with van der Waals surface area (Å²) in [6.07, 6.45) is 25.5. The SMILES string of the molecule is CC(C=CC=C(C)C=CC1=C(C)C(=O)C(OC(=O)CCNC(=O)NCCS(=O)(=O)O)CC1(C)C)=CC=CC=C(C)C=CC=C(C)C=CC1=C(C)C(=O)C(OC(=O)CCNC(=O)NCCS(=O)(=O)O)CC1(C)C.[Na].[Na]. The third-order valence-corrected chi connectivity index (χ3v) is 12.8. The maximum Gasteiger partial charge on any atom is 0.314 e. The van der Waals surface area contributed by atoms with Crippen molar-refractivity contribution in [3.63, 3.8) is 0 Å². The van der Waals surface area contributed by atoms with E-state index < -0.39 is 78.8 Å². The molecule has 0 aromatic rings. The van der Waals surface area contributed by atoms with Crippen molar-refractivity contribution in [2.45, 2.75) is 107 Å². The Morgan fingerprint density at radius 2 is 0.838 bits per heavy atom. The zero-order chi connectivity index (χ0) is 54.5. The van der Waals surface area contributed by atoms with Crippen LogP contribution in [0.15, 0.2) is 130 Å². The number of ether oxygens (including phenoxy) is 2. The molecule has 2 radical (unpaired) electrons. The second kappa shape index (κ2) is 33.0. The molecule has 0 heterocycles. The molecule has 2 unspecified atom stereocenters. The molecule has 4 amide bonds. The van der Waals surface area contributed by atoms with Gasteiger partial charge in [-0.25, -0.2) is 9.59 Å². The number of carbonyl (C=O) groups excluding carboxylic acids is 6. The van der Waals surface area contributed by atoms with Gasteiger partial charge in [-0.2, -0.15) is 16.8 Å². The van der Waals surface area contributed by atoms with E-state index in [4.69, 9.17) is 18.6 Å². The van der Waals surface area contributed by atoms with Crippen LogP contribution >= 0.6 is 0 Å². The van der Waals surface area contributed by atoms with Gasteiger partial charge in [-0.15, -0.1) is 0 Å². The van der Waals surface area contributed by atoms with E-state index in [1.165, 1.54) is 0 Å². The summed E-state index contributed by atoms with van der Waals surface area (Å²) in [5.41, 5.74) is 5.66. The molecule has 22 heteroatoms. The second-order valence-electron chi connectivity index (χ2n) is 18.8. The van der Waals surface area contributed by atoms with Crippen LogP contribution in [-0.4, -0.2) is 171 Å². The van der Waals surface area contributed by atoms with Gasteiger partial charge in [-0.1, -0.05) is 135 Å². The van der Waals surface area contributed by atoms with Crippen molar-refractivity contribution < 1.29 is 64.2 Å². The molecule has 0 saturated carbocycles. The van der Waals surface area contributed by atoms with Crippen molar-refractivity contribution in [1.29, 1.82) is 0 Å². The zero-order valence-electron chi connectivity index (χ0n) is 44.9. The van der Waals surface area contributed by atoms with Crippen molar-refractivity contribution in [3.8, 4) is 0 Å². The van der Waals surface area contributed by atoms with Crippen LogP contribution in [0.5, 0.6) is 0 Å². The average molecular weight is 1090 g/mol. The van der Waals surface area contributed by atoms with E-state index in [2.05, 4.69) is 21.3 Å². The van der Waals surface area contributed by atoms with E-state index in [1.807, 2.05) is 140 Å². The summed E-state index contributed by atoms with van der Waals surface area (Å²) >= 11 is 0. The van der Waals surface area contributed by atoms with Crippen LogP contribution in [0.3, 0.4) is 0 Å². The topological polar surface area (TPSA) is 278 Å². The molecule has 6 N–H and O–H groups in total. The Kier molecular flexibility index (Phi) is 31.2. The predicted octanol–water partition coefficient (Wildman–Crippen LogP) is 6.40. The van der Waals surface area contributed by atoms with Crippen LogP contribution in [0, 0.1) is 10.8 Å². The molecule has 2 rings (SSSR count). The van der Waals surface area contributed by atoms with Crippen LogP contribution in [0.1, 0.15) is 94.9 Å². The number of ketones is 2. The van der Waals surface area contributed by atoms with Crippen LogP contribution in [-0.2, 0) is 48.9 Å². The Labute approximate surface area is 481 Å². The summed E-state index contributed by atoms with van der Waals surface area (Å²) in [4.78, 5) is 75.0. The first-order chi connectivity index (χ1) is 33.4. The van der Waals surface area contributed by atoms with Crippen molar-refractivity contribution in [2.75, 3.05) is 37.7 Å². The van der Waals surface area contributed by atoms with Gasteiger partial charge in [-0.3, -0.25) is 28.3 Å². The van der Waals surface area contributed by atoms with E-state index in [-0.39, 0.29) is 123 Å². The number of hydrogen-bond acceptors (Lipinski definition) is 12. The first-order valence-corrected chi connectivity index (χ1v) is 26.5. The number of urea groups is 2. The van der Waals surface area contributed by atoms with E-state index in [1.54, 1.807) is 13.8 Å². The summed E-state index contributed by atoms with van der Waals surface area (Å²) in [7, 11) is -8.44. The minimum Gasteiger partial charge on any atom is -0.454 e. The van der Waals surface area contributed by atoms with Crippen LogP contribution in [0.25, 0.3) is 0 Å². The fourth-order valence-electron chi connectivity index (χ4n) is 7.46. The first kappa shape index (κ1) is 69.8. The van der Waals surface area contributed by atoms with Gasteiger partial charge < -0.3 is 30.7 Å². The monoisotopic (exact) mass is 1090 g/mol.